The number of amides is 1. The number of nitrogens with zero attached hydrogens (tertiary/aromatic N) is 2. The Morgan fingerprint density at radius 2 is 2.03 bits per heavy atom. The van der Waals surface area contributed by atoms with Crippen LogP contribution in [0, 0.1) is 0 Å². The van der Waals surface area contributed by atoms with E-state index in [1.54, 1.807) is 54.6 Å². The lowest BCUT2D eigenvalue weighted by Crippen LogP contribution is -2.29. The normalized spacial score (nSPS) is 17.9. The number of Topliss-reactive ketones (excluding diaryl/α,β-unsaturated/α-hetero) is 1. The van der Waals surface area contributed by atoms with Crippen molar-refractivity contribution in [1.29, 1.82) is 0 Å². The number of ketones is 1. The number of rotatable bonds is 4. The maximum Gasteiger partial charge on any atom is 0.302 e. The number of ether oxygens (including phenoxy) is 1. The van der Waals surface area contributed by atoms with Gasteiger partial charge in [0.1, 0.15) is 23.3 Å². The zero-order chi connectivity index (χ0) is 22.4. The molecule has 5 rings (SSSR count). The Balaban J connectivity index is 1.71. The van der Waals surface area contributed by atoms with Gasteiger partial charge in [-0.25, -0.2) is 4.98 Å². The van der Waals surface area contributed by atoms with Crippen molar-refractivity contribution in [2.45, 2.75) is 6.04 Å². The molecule has 4 aromatic rings. The molecular formula is C23H15ClN2O5S. The molecule has 2 aromatic carbocycles. The molecule has 3 heterocycles. The zero-order valence-corrected chi connectivity index (χ0v) is 18.2. The first-order chi connectivity index (χ1) is 15.5. The third-order valence-corrected chi connectivity index (χ3v) is 6.40. The number of hydrogen-bond acceptors (Lipinski definition) is 7. The highest BCUT2D eigenvalue weighted by atomic mass is 35.5. The second kappa shape index (κ2) is 7.81. The Bertz CT molecular complexity index is 1390. The second-order valence-electron chi connectivity index (χ2n) is 7.02. The number of aliphatic hydroxyl groups is 1. The highest BCUT2D eigenvalue weighted by Gasteiger charge is 2.49. The molecule has 160 valence electrons. The van der Waals surface area contributed by atoms with Gasteiger partial charge in [-0.05, 0) is 42.5 Å². The van der Waals surface area contributed by atoms with Crippen molar-refractivity contribution in [3.8, 4) is 5.75 Å². The minimum atomic E-state index is -0.979. The lowest BCUT2D eigenvalue weighted by molar-refractivity contribution is -0.132. The van der Waals surface area contributed by atoms with E-state index in [4.69, 9.17) is 20.8 Å². The predicted molar refractivity (Wildman–Crippen MR) is 121 cm³/mol. The van der Waals surface area contributed by atoms with Crippen molar-refractivity contribution in [2.24, 2.45) is 0 Å². The molecule has 9 heteroatoms. The number of anilines is 1. The van der Waals surface area contributed by atoms with Crippen LogP contribution in [0.5, 0.6) is 5.75 Å². The van der Waals surface area contributed by atoms with Crippen LogP contribution in [0.15, 0.2) is 70.9 Å². The maximum absolute atomic E-state index is 13.1. The Hall–Kier alpha value is -3.62. The molecule has 0 bridgehead atoms. The van der Waals surface area contributed by atoms with Gasteiger partial charge in [0.25, 0.3) is 5.78 Å². The molecule has 1 aliphatic heterocycles. The molecule has 0 aliphatic carbocycles. The van der Waals surface area contributed by atoms with Gasteiger partial charge in [0.2, 0.25) is 0 Å². The topological polar surface area (TPSA) is 92.9 Å². The van der Waals surface area contributed by atoms with Crippen LogP contribution in [0.2, 0.25) is 5.02 Å². The van der Waals surface area contributed by atoms with Crippen LogP contribution in [0.25, 0.3) is 16.0 Å². The SMILES string of the molecule is COc1cccc(/C(O)=C2\C(=O)C(=O)N(c3nc4ccc(Cl)cc4s3)C2c2ccco2)c1. The largest absolute Gasteiger partial charge is 0.507 e. The molecule has 1 amide bonds. The third kappa shape index (κ3) is 3.24. The number of aromatic nitrogens is 1. The quantitative estimate of drug-likeness (QED) is 0.253. The fourth-order valence-corrected chi connectivity index (χ4v) is 4.93. The van der Waals surface area contributed by atoms with Gasteiger partial charge in [-0.2, -0.15) is 0 Å². The summed E-state index contributed by atoms with van der Waals surface area (Å²) in [5.41, 5.74) is 0.896. The second-order valence-corrected chi connectivity index (χ2v) is 8.47. The van der Waals surface area contributed by atoms with E-state index in [9.17, 15) is 14.7 Å². The number of carbonyl (C=O) groups excluding carboxylic acids is 2. The van der Waals surface area contributed by atoms with Crippen LogP contribution in [0.1, 0.15) is 17.4 Å². The van der Waals surface area contributed by atoms with Gasteiger partial charge >= 0.3 is 5.91 Å². The van der Waals surface area contributed by atoms with Crippen molar-refractivity contribution in [1.82, 2.24) is 4.98 Å². The highest BCUT2D eigenvalue weighted by Crippen LogP contribution is 2.44. The van der Waals surface area contributed by atoms with E-state index in [1.165, 1.54) is 29.6 Å². The Morgan fingerprint density at radius 1 is 1.19 bits per heavy atom. The smallest absolute Gasteiger partial charge is 0.302 e. The van der Waals surface area contributed by atoms with E-state index in [1.807, 2.05) is 0 Å². The van der Waals surface area contributed by atoms with E-state index in [0.717, 1.165) is 4.70 Å². The minimum Gasteiger partial charge on any atom is -0.507 e. The van der Waals surface area contributed by atoms with E-state index >= 15 is 0 Å². The summed E-state index contributed by atoms with van der Waals surface area (Å²) in [6.45, 7) is 0. The zero-order valence-electron chi connectivity index (χ0n) is 16.6. The number of aliphatic hydroxyl groups excluding tert-OH is 1. The van der Waals surface area contributed by atoms with E-state index in [-0.39, 0.29) is 11.3 Å². The molecule has 1 saturated heterocycles. The number of fused-ring (bicyclic) bond motifs is 1. The summed E-state index contributed by atoms with van der Waals surface area (Å²) in [6.07, 6.45) is 1.44. The van der Waals surface area contributed by atoms with Crippen molar-refractivity contribution < 1.29 is 23.8 Å². The standard InChI is InChI=1S/C23H15ClN2O5S/c1-30-14-5-2-4-12(10-14)20(27)18-19(16-6-3-9-31-16)26(22(29)21(18)28)23-25-15-8-7-13(24)11-17(15)32-23/h2-11,19,27H,1H3/b20-18+. The van der Waals surface area contributed by atoms with Gasteiger partial charge in [-0.3, -0.25) is 14.5 Å². The van der Waals surface area contributed by atoms with E-state index in [2.05, 4.69) is 4.98 Å². The molecule has 0 saturated carbocycles. The molecule has 0 spiro atoms. The monoisotopic (exact) mass is 466 g/mol. The highest BCUT2D eigenvalue weighted by molar-refractivity contribution is 7.22. The van der Waals surface area contributed by atoms with E-state index < -0.39 is 17.7 Å². The summed E-state index contributed by atoms with van der Waals surface area (Å²) in [6, 6.07) is 14.1. The number of hydrogen-bond donors (Lipinski definition) is 1. The first-order valence-electron chi connectivity index (χ1n) is 9.53. The predicted octanol–water partition coefficient (Wildman–Crippen LogP) is 5.18. The van der Waals surface area contributed by atoms with Gasteiger partial charge in [-0.15, -0.1) is 0 Å². The Morgan fingerprint density at radius 3 is 2.78 bits per heavy atom. The van der Waals surface area contributed by atoms with Crippen LogP contribution >= 0.6 is 22.9 Å². The first-order valence-corrected chi connectivity index (χ1v) is 10.7. The van der Waals surface area contributed by atoms with Crippen molar-refractivity contribution in [3.05, 3.63) is 82.8 Å². The van der Waals surface area contributed by atoms with Crippen molar-refractivity contribution >= 4 is 55.7 Å². The van der Waals surface area contributed by atoms with Gasteiger partial charge in [0.05, 0.1) is 29.2 Å². The van der Waals surface area contributed by atoms with Crippen LogP contribution < -0.4 is 9.64 Å². The van der Waals surface area contributed by atoms with Crippen molar-refractivity contribution in [3.63, 3.8) is 0 Å². The average Bonchev–Trinajstić information content (AvgIpc) is 3.52. The molecule has 1 atom stereocenters. The molecule has 0 radical (unpaired) electrons. The summed E-state index contributed by atoms with van der Waals surface area (Å²) in [7, 11) is 1.50. The molecule has 7 nitrogen and oxygen atoms in total. The summed E-state index contributed by atoms with van der Waals surface area (Å²) in [5.74, 6) is -1.13. The van der Waals surface area contributed by atoms with Gasteiger partial charge < -0.3 is 14.3 Å². The van der Waals surface area contributed by atoms with Crippen LogP contribution in [-0.4, -0.2) is 28.9 Å². The van der Waals surface area contributed by atoms with E-state index in [0.29, 0.717) is 32.7 Å². The number of halogens is 1. The van der Waals surface area contributed by atoms with Crippen LogP contribution in [-0.2, 0) is 9.59 Å². The van der Waals surface area contributed by atoms with Gasteiger partial charge in [0, 0.05) is 10.6 Å². The molecule has 1 N–H and O–H groups in total. The van der Waals surface area contributed by atoms with Gasteiger partial charge in [0.15, 0.2) is 5.13 Å². The van der Waals surface area contributed by atoms with Crippen molar-refractivity contribution in [2.75, 3.05) is 12.0 Å². The van der Waals surface area contributed by atoms with Gasteiger partial charge in [-0.1, -0.05) is 35.1 Å². The first kappa shape index (κ1) is 20.3. The number of benzene rings is 2. The number of thiazole rings is 1. The molecule has 1 fully saturated rings. The number of carbonyl (C=O) groups is 2. The fourth-order valence-electron chi connectivity index (χ4n) is 3.66. The summed E-state index contributed by atoms with van der Waals surface area (Å²) in [4.78, 5) is 32.0. The summed E-state index contributed by atoms with van der Waals surface area (Å²) < 4.78 is 11.5. The average molecular weight is 467 g/mol. The number of methoxy groups -OCH3 is 1. The Labute approximate surface area is 191 Å². The summed E-state index contributed by atoms with van der Waals surface area (Å²) in [5, 5.41) is 11.9. The minimum absolute atomic E-state index is 0.0875. The Kier molecular flexibility index (Phi) is 4.96. The maximum atomic E-state index is 13.1. The number of furan rings is 1. The lowest BCUT2D eigenvalue weighted by Gasteiger charge is -2.20. The molecule has 2 aromatic heterocycles. The molecular weight excluding hydrogens is 452 g/mol. The third-order valence-electron chi connectivity index (χ3n) is 5.15. The van der Waals surface area contributed by atoms with Crippen LogP contribution in [0.3, 0.4) is 0 Å². The molecule has 32 heavy (non-hydrogen) atoms. The van der Waals surface area contributed by atoms with Crippen LogP contribution in [0.4, 0.5) is 5.13 Å². The molecule has 1 unspecified atom stereocenters. The summed E-state index contributed by atoms with van der Waals surface area (Å²) >= 11 is 7.31. The molecule has 1 aliphatic rings. The fraction of sp³-hybridized carbons (Fsp3) is 0.0870. The lowest BCUT2D eigenvalue weighted by atomic mass is 9.99.